The minimum atomic E-state index is -0.986. The summed E-state index contributed by atoms with van der Waals surface area (Å²) in [5.41, 5.74) is -0.120. The Kier molecular flexibility index (Phi) is 6.81. The summed E-state index contributed by atoms with van der Waals surface area (Å²) in [5.74, 6) is 0.722. The van der Waals surface area contributed by atoms with Gasteiger partial charge in [0.2, 0.25) is 0 Å². The number of aryl methyl sites for hydroxylation is 1. The van der Waals surface area contributed by atoms with E-state index in [0.29, 0.717) is 6.54 Å². The summed E-state index contributed by atoms with van der Waals surface area (Å²) in [5, 5.41) is 17.1. The van der Waals surface area contributed by atoms with Gasteiger partial charge < -0.3 is 20.3 Å². The van der Waals surface area contributed by atoms with Gasteiger partial charge in [-0.3, -0.25) is 0 Å². The van der Waals surface area contributed by atoms with Crippen molar-refractivity contribution in [1.82, 2.24) is 20.2 Å². The molecule has 0 bridgehead atoms. The van der Waals surface area contributed by atoms with E-state index in [0.717, 1.165) is 37.6 Å². The molecule has 0 fully saturated rings. The van der Waals surface area contributed by atoms with Gasteiger partial charge in [-0.15, -0.1) is 0 Å². The summed E-state index contributed by atoms with van der Waals surface area (Å²) in [7, 11) is 0. The molecule has 6 nitrogen and oxygen atoms in total. The van der Waals surface area contributed by atoms with Gasteiger partial charge in [-0.25, -0.2) is 9.98 Å². The molecule has 0 saturated heterocycles. The molecule has 1 unspecified atom stereocenters. The normalized spacial score (nSPS) is 14.2. The zero-order valence-electron chi connectivity index (χ0n) is 14.4. The van der Waals surface area contributed by atoms with E-state index >= 15 is 0 Å². The van der Waals surface area contributed by atoms with Crippen LogP contribution in [-0.2, 0) is 12.1 Å². The maximum absolute atomic E-state index is 10.6. The second-order valence-corrected chi connectivity index (χ2v) is 5.92. The second-order valence-electron chi connectivity index (χ2n) is 5.92. The van der Waals surface area contributed by atoms with Crippen LogP contribution in [0.15, 0.2) is 54.0 Å². The molecule has 0 spiro atoms. The highest BCUT2D eigenvalue weighted by Gasteiger charge is 2.22. The lowest BCUT2D eigenvalue weighted by molar-refractivity contribution is 0.0672. The number of hydrogen-bond donors (Lipinski definition) is 3. The van der Waals surface area contributed by atoms with E-state index in [9.17, 15) is 5.11 Å². The summed E-state index contributed by atoms with van der Waals surface area (Å²) < 4.78 is 2.05. The first-order valence-electron chi connectivity index (χ1n) is 8.37. The molecule has 130 valence electrons. The van der Waals surface area contributed by atoms with Crippen LogP contribution in [0.2, 0.25) is 0 Å². The average Bonchev–Trinajstić information content (AvgIpc) is 3.11. The van der Waals surface area contributed by atoms with E-state index in [1.54, 1.807) is 13.1 Å². The van der Waals surface area contributed by atoms with Gasteiger partial charge in [0, 0.05) is 32.0 Å². The van der Waals surface area contributed by atoms with Crippen LogP contribution in [0.25, 0.3) is 0 Å². The van der Waals surface area contributed by atoms with Crippen LogP contribution in [-0.4, -0.2) is 40.3 Å². The van der Waals surface area contributed by atoms with Gasteiger partial charge in [0.15, 0.2) is 5.96 Å². The molecule has 0 aliphatic rings. The van der Waals surface area contributed by atoms with Crippen LogP contribution < -0.4 is 10.6 Å². The van der Waals surface area contributed by atoms with Gasteiger partial charge in [-0.05, 0) is 25.8 Å². The first kappa shape index (κ1) is 18.0. The monoisotopic (exact) mass is 329 g/mol. The van der Waals surface area contributed by atoms with Crippen molar-refractivity contribution in [1.29, 1.82) is 0 Å². The highest BCUT2D eigenvalue weighted by Crippen LogP contribution is 2.20. The number of hydrogen-bond acceptors (Lipinski definition) is 3. The summed E-state index contributed by atoms with van der Waals surface area (Å²) >= 11 is 0. The lowest BCUT2D eigenvalue weighted by Crippen LogP contribution is -2.39. The highest BCUT2D eigenvalue weighted by atomic mass is 16.3. The van der Waals surface area contributed by atoms with Gasteiger partial charge in [0.25, 0.3) is 0 Å². The maximum Gasteiger partial charge on any atom is 0.191 e. The highest BCUT2D eigenvalue weighted by molar-refractivity contribution is 5.79. The Bertz CT molecular complexity index is 608. The minimum Gasteiger partial charge on any atom is -0.384 e. The molecule has 0 aliphatic carbocycles. The summed E-state index contributed by atoms with van der Waals surface area (Å²) in [6.45, 7) is 6.60. The fourth-order valence-corrected chi connectivity index (χ4v) is 2.35. The Morgan fingerprint density at radius 3 is 2.75 bits per heavy atom. The predicted octanol–water partition coefficient (Wildman–Crippen LogP) is 1.74. The zero-order chi connectivity index (χ0) is 17.3. The molecule has 0 aliphatic heterocycles. The second kappa shape index (κ2) is 9.08. The van der Waals surface area contributed by atoms with Crippen molar-refractivity contribution >= 4 is 5.96 Å². The molecular weight excluding hydrogens is 302 g/mol. The molecule has 0 amide bonds. The summed E-state index contributed by atoms with van der Waals surface area (Å²) in [6, 6.07) is 9.62. The lowest BCUT2D eigenvalue weighted by atomic mass is 9.96. The molecule has 1 heterocycles. The maximum atomic E-state index is 10.6. The number of nitrogens with zero attached hydrogens (tertiary/aromatic N) is 3. The molecule has 2 aromatic rings. The Morgan fingerprint density at radius 2 is 2.08 bits per heavy atom. The number of imidazole rings is 1. The molecule has 3 N–H and O–H groups in total. The standard InChI is InChI=1S/C18H27N5O/c1-3-20-17(21-10-7-12-23-13-11-19-15-23)22-14-18(2,24)16-8-5-4-6-9-16/h4-6,8-9,11,13,15,24H,3,7,10,12,14H2,1-2H3,(H2,20,21,22). The third-order valence-electron chi connectivity index (χ3n) is 3.73. The van der Waals surface area contributed by atoms with E-state index in [-0.39, 0.29) is 0 Å². The van der Waals surface area contributed by atoms with E-state index in [2.05, 4.69) is 20.6 Å². The Morgan fingerprint density at radius 1 is 1.29 bits per heavy atom. The molecule has 0 radical (unpaired) electrons. The van der Waals surface area contributed by atoms with E-state index < -0.39 is 5.60 Å². The van der Waals surface area contributed by atoms with Crippen molar-refractivity contribution in [3.63, 3.8) is 0 Å². The predicted molar refractivity (Wildman–Crippen MR) is 96.8 cm³/mol. The van der Waals surface area contributed by atoms with Crippen molar-refractivity contribution in [2.24, 2.45) is 4.99 Å². The largest absolute Gasteiger partial charge is 0.384 e. The van der Waals surface area contributed by atoms with Gasteiger partial charge in [0.05, 0.1) is 12.9 Å². The molecule has 24 heavy (non-hydrogen) atoms. The number of benzene rings is 1. The van der Waals surface area contributed by atoms with Crippen LogP contribution in [0.5, 0.6) is 0 Å². The van der Waals surface area contributed by atoms with Crippen molar-refractivity contribution in [2.75, 3.05) is 19.6 Å². The number of guanidine groups is 1. The Labute approximate surface area is 143 Å². The fraction of sp³-hybridized carbons (Fsp3) is 0.444. The average molecular weight is 329 g/mol. The summed E-state index contributed by atoms with van der Waals surface area (Å²) in [6.07, 6.45) is 6.52. The zero-order valence-corrected chi connectivity index (χ0v) is 14.4. The van der Waals surface area contributed by atoms with Gasteiger partial charge >= 0.3 is 0 Å². The molecular formula is C18H27N5O. The number of rotatable bonds is 8. The van der Waals surface area contributed by atoms with Crippen LogP contribution >= 0.6 is 0 Å². The SMILES string of the molecule is CCNC(=NCC(C)(O)c1ccccc1)NCCCn1ccnc1. The fourth-order valence-electron chi connectivity index (χ4n) is 2.35. The number of aliphatic imine (C=N–C) groups is 1. The van der Waals surface area contributed by atoms with E-state index in [1.165, 1.54) is 0 Å². The third kappa shape index (κ3) is 5.70. The van der Waals surface area contributed by atoms with Gasteiger partial charge in [0.1, 0.15) is 5.60 Å². The summed E-state index contributed by atoms with van der Waals surface area (Å²) in [4.78, 5) is 8.55. The van der Waals surface area contributed by atoms with Gasteiger partial charge in [-0.2, -0.15) is 0 Å². The van der Waals surface area contributed by atoms with Gasteiger partial charge in [-0.1, -0.05) is 30.3 Å². The van der Waals surface area contributed by atoms with Crippen LogP contribution in [0.3, 0.4) is 0 Å². The molecule has 2 rings (SSSR count). The molecule has 1 aromatic heterocycles. The van der Waals surface area contributed by atoms with Crippen molar-refractivity contribution in [3.8, 4) is 0 Å². The van der Waals surface area contributed by atoms with Crippen molar-refractivity contribution in [3.05, 3.63) is 54.6 Å². The van der Waals surface area contributed by atoms with Crippen LogP contribution in [0.1, 0.15) is 25.8 Å². The van der Waals surface area contributed by atoms with Crippen molar-refractivity contribution in [2.45, 2.75) is 32.4 Å². The van der Waals surface area contributed by atoms with Crippen molar-refractivity contribution < 1.29 is 5.11 Å². The van der Waals surface area contributed by atoms with E-state index in [1.807, 2.05) is 54.3 Å². The lowest BCUT2D eigenvalue weighted by Gasteiger charge is -2.22. The quantitative estimate of drug-likeness (QED) is 0.392. The third-order valence-corrected chi connectivity index (χ3v) is 3.73. The molecule has 1 atom stereocenters. The smallest absolute Gasteiger partial charge is 0.191 e. The number of aliphatic hydroxyl groups is 1. The molecule has 0 saturated carbocycles. The first-order chi connectivity index (χ1) is 11.6. The number of aromatic nitrogens is 2. The first-order valence-corrected chi connectivity index (χ1v) is 8.37. The topological polar surface area (TPSA) is 74.5 Å². The number of nitrogens with one attached hydrogen (secondary N) is 2. The van der Waals surface area contributed by atoms with Crippen LogP contribution in [0, 0.1) is 0 Å². The Balaban J connectivity index is 1.85. The Hall–Kier alpha value is -2.34. The molecule has 6 heteroatoms. The van der Waals surface area contributed by atoms with E-state index in [4.69, 9.17) is 0 Å². The van der Waals surface area contributed by atoms with Crippen LogP contribution in [0.4, 0.5) is 0 Å². The minimum absolute atomic E-state index is 0.299. The molecule has 1 aromatic carbocycles.